The molecule has 0 amide bonds. The normalized spacial score (nSPS) is 22.1. The predicted octanol–water partition coefficient (Wildman–Crippen LogP) is 0.318. The molecule has 0 spiro atoms. The molecular weight excluding hydrogens is 176 g/mol. The van der Waals surface area contributed by atoms with Crippen LogP contribution in [0.3, 0.4) is 0 Å². The van der Waals surface area contributed by atoms with Crippen LogP contribution in [0.15, 0.2) is 18.6 Å². The van der Waals surface area contributed by atoms with Crippen molar-refractivity contribution in [1.29, 1.82) is 0 Å². The van der Waals surface area contributed by atoms with E-state index >= 15 is 0 Å². The van der Waals surface area contributed by atoms with Gasteiger partial charge in [0.05, 0.1) is 5.69 Å². The first-order valence-corrected chi connectivity index (χ1v) is 5.14. The Labute approximate surface area is 84.2 Å². The second-order valence-electron chi connectivity index (χ2n) is 3.62. The van der Waals surface area contributed by atoms with Crippen LogP contribution in [0, 0.1) is 0 Å². The summed E-state index contributed by atoms with van der Waals surface area (Å²) in [4.78, 5) is 8.25. The van der Waals surface area contributed by atoms with Gasteiger partial charge in [-0.2, -0.15) is 0 Å². The van der Waals surface area contributed by atoms with Gasteiger partial charge in [0.25, 0.3) is 0 Å². The van der Waals surface area contributed by atoms with Gasteiger partial charge in [-0.15, -0.1) is 0 Å². The SMILES string of the molecule is c1cnc(CN[C@@H]2CCCNC2)cn1. The van der Waals surface area contributed by atoms with Gasteiger partial charge in [-0.1, -0.05) is 0 Å². The van der Waals surface area contributed by atoms with E-state index in [1.165, 1.54) is 12.8 Å². The molecule has 0 unspecified atom stereocenters. The van der Waals surface area contributed by atoms with Crippen LogP contribution in [-0.4, -0.2) is 29.1 Å². The second-order valence-corrected chi connectivity index (χ2v) is 3.62. The topological polar surface area (TPSA) is 49.8 Å². The number of nitrogens with one attached hydrogen (secondary N) is 2. The molecule has 1 atom stereocenters. The van der Waals surface area contributed by atoms with Crippen LogP contribution in [0.1, 0.15) is 18.5 Å². The van der Waals surface area contributed by atoms with Crippen molar-refractivity contribution in [3.63, 3.8) is 0 Å². The zero-order valence-corrected chi connectivity index (χ0v) is 8.24. The number of nitrogens with zero attached hydrogens (tertiary/aromatic N) is 2. The molecule has 1 aromatic heterocycles. The molecule has 0 saturated carbocycles. The Hall–Kier alpha value is -1.00. The van der Waals surface area contributed by atoms with E-state index in [-0.39, 0.29) is 0 Å². The van der Waals surface area contributed by atoms with Crippen LogP contribution in [0.4, 0.5) is 0 Å². The fraction of sp³-hybridized carbons (Fsp3) is 0.600. The molecule has 1 aliphatic rings. The highest BCUT2D eigenvalue weighted by Gasteiger charge is 2.11. The largest absolute Gasteiger partial charge is 0.315 e. The molecule has 0 aliphatic carbocycles. The monoisotopic (exact) mass is 192 g/mol. The maximum Gasteiger partial charge on any atom is 0.0724 e. The molecule has 1 aliphatic heterocycles. The third-order valence-electron chi connectivity index (χ3n) is 2.49. The molecule has 14 heavy (non-hydrogen) atoms. The van der Waals surface area contributed by atoms with Crippen molar-refractivity contribution in [2.24, 2.45) is 0 Å². The van der Waals surface area contributed by atoms with Gasteiger partial charge in [-0.05, 0) is 19.4 Å². The predicted molar refractivity (Wildman–Crippen MR) is 54.8 cm³/mol. The molecule has 1 fully saturated rings. The lowest BCUT2D eigenvalue weighted by molar-refractivity contribution is 0.387. The van der Waals surface area contributed by atoms with E-state index in [0.717, 1.165) is 25.3 Å². The summed E-state index contributed by atoms with van der Waals surface area (Å²) in [5, 5.41) is 6.85. The van der Waals surface area contributed by atoms with Gasteiger partial charge in [-0.3, -0.25) is 9.97 Å². The van der Waals surface area contributed by atoms with E-state index in [4.69, 9.17) is 0 Å². The first-order chi connectivity index (χ1) is 6.95. The molecule has 0 bridgehead atoms. The number of aromatic nitrogens is 2. The van der Waals surface area contributed by atoms with Crippen LogP contribution >= 0.6 is 0 Å². The molecule has 0 radical (unpaired) electrons. The van der Waals surface area contributed by atoms with Gasteiger partial charge in [0.15, 0.2) is 0 Å². The number of hydrogen-bond acceptors (Lipinski definition) is 4. The average Bonchev–Trinajstić information content (AvgIpc) is 2.29. The van der Waals surface area contributed by atoms with Gasteiger partial charge < -0.3 is 10.6 Å². The molecule has 2 heterocycles. The highest BCUT2D eigenvalue weighted by molar-refractivity contribution is 4.94. The van der Waals surface area contributed by atoms with Crippen molar-refractivity contribution in [3.8, 4) is 0 Å². The zero-order valence-electron chi connectivity index (χ0n) is 8.24. The minimum absolute atomic E-state index is 0.589. The summed E-state index contributed by atoms with van der Waals surface area (Å²) in [6.07, 6.45) is 7.76. The van der Waals surface area contributed by atoms with E-state index in [2.05, 4.69) is 20.6 Å². The smallest absolute Gasteiger partial charge is 0.0724 e. The molecule has 4 nitrogen and oxygen atoms in total. The maximum absolute atomic E-state index is 4.22. The molecular formula is C10H16N4. The van der Waals surface area contributed by atoms with E-state index in [1.54, 1.807) is 12.4 Å². The summed E-state index contributed by atoms with van der Waals surface area (Å²) in [6.45, 7) is 3.05. The van der Waals surface area contributed by atoms with Crippen molar-refractivity contribution in [2.45, 2.75) is 25.4 Å². The molecule has 0 aromatic carbocycles. The Morgan fingerprint density at radius 1 is 1.50 bits per heavy atom. The molecule has 4 heteroatoms. The van der Waals surface area contributed by atoms with Crippen molar-refractivity contribution >= 4 is 0 Å². The molecule has 1 aromatic rings. The summed E-state index contributed by atoms with van der Waals surface area (Å²) in [5.74, 6) is 0. The van der Waals surface area contributed by atoms with E-state index in [9.17, 15) is 0 Å². The fourth-order valence-electron chi connectivity index (χ4n) is 1.70. The van der Waals surface area contributed by atoms with E-state index in [1.807, 2.05) is 6.20 Å². The Morgan fingerprint density at radius 3 is 3.21 bits per heavy atom. The summed E-state index contributed by atoms with van der Waals surface area (Å²) in [5.41, 5.74) is 1.01. The van der Waals surface area contributed by atoms with Gasteiger partial charge >= 0.3 is 0 Å². The number of rotatable bonds is 3. The molecule has 2 N–H and O–H groups in total. The van der Waals surface area contributed by atoms with Crippen molar-refractivity contribution < 1.29 is 0 Å². The highest BCUT2D eigenvalue weighted by atomic mass is 15.0. The fourth-order valence-corrected chi connectivity index (χ4v) is 1.70. The van der Waals surface area contributed by atoms with Crippen molar-refractivity contribution in [1.82, 2.24) is 20.6 Å². The first-order valence-electron chi connectivity index (χ1n) is 5.14. The summed E-state index contributed by atoms with van der Waals surface area (Å²) < 4.78 is 0. The molecule has 2 rings (SSSR count). The van der Waals surface area contributed by atoms with Gasteiger partial charge in [0.1, 0.15) is 0 Å². The lowest BCUT2D eigenvalue weighted by atomic mass is 10.1. The van der Waals surface area contributed by atoms with Gasteiger partial charge in [0.2, 0.25) is 0 Å². The molecule has 76 valence electrons. The minimum atomic E-state index is 0.589. The lowest BCUT2D eigenvalue weighted by Gasteiger charge is -2.23. The summed E-state index contributed by atoms with van der Waals surface area (Å²) >= 11 is 0. The highest BCUT2D eigenvalue weighted by Crippen LogP contribution is 2.02. The Morgan fingerprint density at radius 2 is 2.50 bits per heavy atom. The van der Waals surface area contributed by atoms with E-state index < -0.39 is 0 Å². The van der Waals surface area contributed by atoms with Crippen LogP contribution in [-0.2, 0) is 6.54 Å². The Balaban J connectivity index is 1.76. The third-order valence-corrected chi connectivity index (χ3v) is 2.49. The van der Waals surface area contributed by atoms with Crippen LogP contribution < -0.4 is 10.6 Å². The summed E-state index contributed by atoms with van der Waals surface area (Å²) in [6, 6.07) is 0.589. The number of hydrogen-bond donors (Lipinski definition) is 2. The van der Waals surface area contributed by atoms with Gasteiger partial charge in [0, 0.05) is 37.7 Å². The quantitative estimate of drug-likeness (QED) is 0.724. The summed E-state index contributed by atoms with van der Waals surface area (Å²) in [7, 11) is 0. The third kappa shape index (κ3) is 2.75. The second kappa shape index (κ2) is 5.02. The van der Waals surface area contributed by atoms with Gasteiger partial charge in [-0.25, -0.2) is 0 Å². The van der Waals surface area contributed by atoms with Crippen molar-refractivity contribution in [3.05, 3.63) is 24.3 Å². The van der Waals surface area contributed by atoms with Crippen molar-refractivity contribution in [2.75, 3.05) is 13.1 Å². The van der Waals surface area contributed by atoms with Crippen LogP contribution in [0.25, 0.3) is 0 Å². The van der Waals surface area contributed by atoms with Crippen LogP contribution in [0.2, 0.25) is 0 Å². The van der Waals surface area contributed by atoms with E-state index in [0.29, 0.717) is 6.04 Å². The first kappa shape index (κ1) is 9.55. The van der Waals surface area contributed by atoms with Crippen LogP contribution in [0.5, 0.6) is 0 Å². The maximum atomic E-state index is 4.22. The minimum Gasteiger partial charge on any atom is -0.315 e. The standard InChI is InChI=1S/C10H16N4/c1-2-9(6-11-3-1)14-8-10-7-12-4-5-13-10/h4-5,7,9,11,14H,1-3,6,8H2/t9-/m1/s1. The lowest BCUT2D eigenvalue weighted by Crippen LogP contribution is -2.42. The Kier molecular flexibility index (Phi) is 3.43. The number of piperidine rings is 1. The average molecular weight is 192 g/mol. The zero-order chi connectivity index (χ0) is 9.64. The molecule has 1 saturated heterocycles. The Bertz CT molecular complexity index is 256.